The number of rotatable bonds is 9. The Kier molecular flexibility index (Phi) is 7.35. The third-order valence-corrected chi connectivity index (χ3v) is 5.54. The average molecular weight is 470 g/mol. The number of thiophene rings is 1. The fourth-order valence-electron chi connectivity index (χ4n) is 2.81. The Balaban J connectivity index is 1.88. The Labute approximate surface area is 193 Å². The van der Waals surface area contributed by atoms with Crippen molar-refractivity contribution in [2.75, 3.05) is 11.2 Å². The number of amides is 1. The minimum atomic E-state index is -1.23. The van der Waals surface area contributed by atoms with Crippen LogP contribution in [-0.2, 0) is 4.74 Å². The highest BCUT2D eigenvalue weighted by molar-refractivity contribution is 7.15. The molecule has 0 radical (unpaired) electrons. The van der Waals surface area contributed by atoms with E-state index in [1.54, 1.807) is 48.7 Å². The van der Waals surface area contributed by atoms with Crippen molar-refractivity contribution in [3.63, 3.8) is 0 Å². The lowest BCUT2D eigenvalue weighted by atomic mass is 10.1. The number of ether oxygens (including phenoxy) is 1. The molecule has 164 valence electrons. The maximum absolute atomic E-state index is 12.7. The number of halogens is 1. The molecule has 2 aromatic heterocycles. The highest BCUT2D eigenvalue weighted by Crippen LogP contribution is 2.34. The third-order valence-electron chi connectivity index (χ3n) is 4.47. The number of allylic oxidation sites excluding steroid dienone is 4. The van der Waals surface area contributed by atoms with Crippen LogP contribution in [-0.4, -0.2) is 22.9 Å². The quantitative estimate of drug-likeness (QED) is 0.207. The second-order valence-corrected chi connectivity index (χ2v) is 7.78. The van der Waals surface area contributed by atoms with E-state index >= 15 is 0 Å². The molecule has 0 fully saturated rings. The minimum absolute atomic E-state index is 0.0746. The molecule has 0 unspecified atom stereocenters. The Morgan fingerprint density at radius 2 is 2.09 bits per heavy atom. The van der Waals surface area contributed by atoms with Crippen LogP contribution >= 0.6 is 22.9 Å². The molecule has 32 heavy (non-hydrogen) atoms. The topological polar surface area (TPSA) is 88.8 Å². The molecule has 0 aliphatic rings. The summed E-state index contributed by atoms with van der Waals surface area (Å²) in [4.78, 5) is 24.7. The van der Waals surface area contributed by atoms with Crippen molar-refractivity contribution in [2.24, 2.45) is 0 Å². The molecule has 0 aliphatic carbocycles. The van der Waals surface area contributed by atoms with Gasteiger partial charge < -0.3 is 19.6 Å². The molecule has 2 heterocycles. The van der Waals surface area contributed by atoms with Crippen LogP contribution in [0.25, 0.3) is 16.7 Å². The molecule has 0 aliphatic heterocycles. The van der Waals surface area contributed by atoms with Crippen LogP contribution in [0.2, 0.25) is 0 Å². The molecule has 0 atom stereocenters. The molecule has 1 aromatic carbocycles. The number of hydrogen-bond acceptors (Lipinski definition) is 5. The number of benzene rings is 1. The SMILES string of the molecule is C=C/C(C)=C(\C=C/CCl)OC(=C)c1csc(NC(=O)c2cc3ccccc3o2)c1C(=O)O. The Morgan fingerprint density at radius 3 is 2.75 bits per heavy atom. The fourth-order valence-corrected chi connectivity index (χ4v) is 3.85. The average Bonchev–Trinajstić information content (AvgIpc) is 3.40. The van der Waals surface area contributed by atoms with Crippen molar-refractivity contribution in [1.82, 2.24) is 0 Å². The van der Waals surface area contributed by atoms with E-state index in [1.165, 1.54) is 0 Å². The van der Waals surface area contributed by atoms with Crippen molar-refractivity contribution >= 4 is 56.5 Å². The smallest absolute Gasteiger partial charge is 0.339 e. The number of carbonyl (C=O) groups is 2. The van der Waals surface area contributed by atoms with Gasteiger partial charge in [-0.25, -0.2) is 4.79 Å². The van der Waals surface area contributed by atoms with Gasteiger partial charge in [0.2, 0.25) is 0 Å². The third kappa shape index (κ3) is 5.01. The van der Waals surface area contributed by atoms with Gasteiger partial charge in [-0.05, 0) is 30.7 Å². The summed E-state index contributed by atoms with van der Waals surface area (Å²) < 4.78 is 11.4. The predicted octanol–water partition coefficient (Wildman–Crippen LogP) is 6.69. The summed E-state index contributed by atoms with van der Waals surface area (Å²) in [5, 5.41) is 14.9. The maximum atomic E-state index is 12.7. The highest BCUT2D eigenvalue weighted by atomic mass is 35.5. The number of furan rings is 1. The minimum Gasteiger partial charge on any atom is -0.478 e. The molecule has 3 aromatic rings. The summed E-state index contributed by atoms with van der Waals surface area (Å²) in [5.74, 6) is -0.893. The number of nitrogens with one attached hydrogen (secondary N) is 1. The van der Waals surface area contributed by atoms with Gasteiger partial charge in [-0.2, -0.15) is 0 Å². The first kappa shape index (κ1) is 23.1. The largest absolute Gasteiger partial charge is 0.478 e. The van der Waals surface area contributed by atoms with E-state index in [9.17, 15) is 14.7 Å². The van der Waals surface area contributed by atoms with E-state index in [-0.39, 0.29) is 33.5 Å². The molecular weight excluding hydrogens is 450 g/mol. The standard InChI is InChI=1S/C24H20ClNO5S/c1-4-14(2)18(10-7-11-25)30-15(3)17-13-32-23(21(17)24(28)29)26-22(27)20-12-16-8-5-6-9-19(16)31-20/h4-10,12-13H,1,3,11H2,2H3,(H,26,27)(H,28,29)/b10-7-,18-14+. The molecule has 6 nitrogen and oxygen atoms in total. The van der Waals surface area contributed by atoms with Crippen LogP contribution in [0.5, 0.6) is 0 Å². The van der Waals surface area contributed by atoms with E-state index in [0.717, 1.165) is 22.3 Å². The van der Waals surface area contributed by atoms with Crippen LogP contribution in [0.4, 0.5) is 5.00 Å². The Bertz CT molecular complexity index is 1230. The van der Waals surface area contributed by atoms with Crippen LogP contribution in [0.1, 0.15) is 33.4 Å². The van der Waals surface area contributed by atoms with Gasteiger partial charge in [-0.1, -0.05) is 43.5 Å². The number of carbonyl (C=O) groups excluding carboxylic acids is 1. The first-order chi connectivity index (χ1) is 15.3. The van der Waals surface area contributed by atoms with Crippen LogP contribution in [0.15, 0.2) is 82.8 Å². The number of aromatic carboxylic acids is 1. The van der Waals surface area contributed by atoms with Crippen molar-refractivity contribution in [2.45, 2.75) is 6.92 Å². The van der Waals surface area contributed by atoms with Crippen LogP contribution < -0.4 is 5.32 Å². The van der Waals surface area contributed by atoms with Gasteiger partial charge in [0, 0.05) is 22.2 Å². The molecular formula is C24H20ClNO5S. The van der Waals surface area contributed by atoms with Crippen LogP contribution in [0, 0.1) is 0 Å². The van der Waals surface area contributed by atoms with Gasteiger partial charge in [0.1, 0.15) is 27.7 Å². The number of carboxylic acid groups (broad SMARTS) is 1. The molecule has 0 saturated heterocycles. The maximum Gasteiger partial charge on any atom is 0.339 e. The number of carboxylic acids is 1. The first-order valence-electron chi connectivity index (χ1n) is 9.43. The van der Waals surface area contributed by atoms with Gasteiger partial charge in [-0.3, -0.25) is 4.79 Å². The van der Waals surface area contributed by atoms with E-state index in [4.69, 9.17) is 20.8 Å². The number of anilines is 1. The van der Waals surface area contributed by atoms with E-state index in [0.29, 0.717) is 11.3 Å². The summed E-state index contributed by atoms with van der Waals surface area (Å²) in [6, 6.07) is 8.79. The lowest BCUT2D eigenvalue weighted by molar-refractivity contribution is 0.0697. The van der Waals surface area contributed by atoms with Crippen molar-refractivity contribution in [1.29, 1.82) is 0 Å². The highest BCUT2D eigenvalue weighted by Gasteiger charge is 2.24. The summed E-state index contributed by atoms with van der Waals surface area (Å²) in [5.41, 5.74) is 1.40. The van der Waals surface area contributed by atoms with Crippen molar-refractivity contribution in [3.05, 3.63) is 95.3 Å². The Morgan fingerprint density at radius 1 is 1.34 bits per heavy atom. The van der Waals surface area contributed by atoms with Crippen molar-refractivity contribution in [3.8, 4) is 0 Å². The van der Waals surface area contributed by atoms with Gasteiger partial charge >= 0.3 is 5.97 Å². The number of alkyl halides is 1. The van der Waals surface area contributed by atoms with Crippen LogP contribution in [0.3, 0.4) is 0 Å². The number of para-hydroxylation sites is 1. The molecule has 2 N–H and O–H groups in total. The summed E-state index contributed by atoms with van der Waals surface area (Å²) in [6.07, 6.45) is 4.94. The Hall–Kier alpha value is -3.55. The molecule has 3 rings (SSSR count). The summed E-state index contributed by atoms with van der Waals surface area (Å²) >= 11 is 6.76. The molecule has 8 heteroatoms. The monoisotopic (exact) mass is 469 g/mol. The van der Waals surface area contributed by atoms with Gasteiger partial charge in [0.15, 0.2) is 5.76 Å². The lowest BCUT2D eigenvalue weighted by Gasteiger charge is -2.12. The first-order valence-corrected chi connectivity index (χ1v) is 10.8. The van der Waals surface area contributed by atoms with E-state index < -0.39 is 11.9 Å². The second kappa shape index (κ2) is 10.2. The molecule has 0 spiro atoms. The van der Waals surface area contributed by atoms with Crippen molar-refractivity contribution < 1.29 is 23.8 Å². The summed E-state index contributed by atoms with van der Waals surface area (Å²) in [6.45, 7) is 9.37. The zero-order valence-electron chi connectivity index (χ0n) is 17.2. The lowest BCUT2D eigenvalue weighted by Crippen LogP contribution is -2.13. The number of hydrogen-bond donors (Lipinski definition) is 2. The van der Waals surface area contributed by atoms with E-state index in [1.807, 2.05) is 12.1 Å². The van der Waals surface area contributed by atoms with Gasteiger partial charge in [0.05, 0.1) is 0 Å². The number of fused-ring (bicyclic) bond motifs is 1. The molecule has 1 amide bonds. The zero-order valence-corrected chi connectivity index (χ0v) is 18.8. The summed E-state index contributed by atoms with van der Waals surface area (Å²) in [7, 11) is 0. The second-order valence-electron chi connectivity index (χ2n) is 6.59. The normalized spacial score (nSPS) is 11.9. The predicted molar refractivity (Wildman–Crippen MR) is 128 cm³/mol. The molecule has 0 bridgehead atoms. The van der Waals surface area contributed by atoms with Gasteiger partial charge in [-0.15, -0.1) is 22.9 Å². The van der Waals surface area contributed by atoms with E-state index in [2.05, 4.69) is 18.5 Å². The van der Waals surface area contributed by atoms with Gasteiger partial charge in [0.25, 0.3) is 5.91 Å². The fraction of sp³-hybridized carbons (Fsp3) is 0.0833. The zero-order chi connectivity index (χ0) is 23.3. The molecule has 0 saturated carbocycles.